The lowest BCUT2D eigenvalue weighted by Gasteiger charge is -2.23. The molecule has 0 fully saturated rings. The van der Waals surface area contributed by atoms with Crippen molar-refractivity contribution in [2.45, 2.75) is 49.8 Å². The molecule has 0 heterocycles. The van der Waals surface area contributed by atoms with Crippen molar-refractivity contribution in [1.82, 2.24) is 5.32 Å². The molecule has 2 atom stereocenters. The van der Waals surface area contributed by atoms with E-state index >= 15 is 0 Å². The molecule has 2 unspecified atom stereocenters. The third-order valence-corrected chi connectivity index (χ3v) is 4.57. The lowest BCUT2D eigenvalue weighted by Crippen LogP contribution is -2.36. The maximum atomic E-state index is 3.62. The van der Waals surface area contributed by atoms with E-state index in [4.69, 9.17) is 0 Å². The van der Waals surface area contributed by atoms with Crippen molar-refractivity contribution in [3.05, 3.63) is 28.7 Å². The number of hydrogen-bond acceptors (Lipinski definition) is 2. The van der Waals surface area contributed by atoms with Crippen LogP contribution in [0.2, 0.25) is 0 Å². The summed E-state index contributed by atoms with van der Waals surface area (Å²) in [6.07, 6.45) is 2.39. The van der Waals surface area contributed by atoms with Gasteiger partial charge in [-0.1, -0.05) is 36.7 Å². The molecule has 0 bridgehead atoms. The molecule has 1 aromatic rings. The fourth-order valence-corrected chi connectivity index (χ4v) is 3.22. The molecular formula is C14H22BrNS. The number of benzene rings is 1. The maximum absolute atomic E-state index is 3.62. The normalized spacial score (nSPS) is 14.6. The molecule has 0 saturated heterocycles. The summed E-state index contributed by atoms with van der Waals surface area (Å²) < 4.78 is 1.14. The summed E-state index contributed by atoms with van der Waals surface area (Å²) >= 11 is 5.42. The van der Waals surface area contributed by atoms with E-state index in [0.717, 1.165) is 11.0 Å². The average Bonchev–Trinajstić information content (AvgIpc) is 2.33. The monoisotopic (exact) mass is 315 g/mol. The van der Waals surface area contributed by atoms with Gasteiger partial charge in [0.05, 0.1) is 0 Å². The van der Waals surface area contributed by atoms with Gasteiger partial charge in [-0.15, -0.1) is 11.8 Å². The van der Waals surface area contributed by atoms with Crippen LogP contribution in [0.15, 0.2) is 33.6 Å². The molecule has 0 aliphatic rings. The Hall–Kier alpha value is 0.01000. The van der Waals surface area contributed by atoms with Crippen LogP contribution in [0.25, 0.3) is 0 Å². The number of nitrogens with one attached hydrogen (secondary N) is 1. The molecule has 3 heteroatoms. The van der Waals surface area contributed by atoms with Crippen molar-refractivity contribution in [3.8, 4) is 0 Å². The lowest BCUT2D eigenvalue weighted by atomic mass is 10.1. The highest BCUT2D eigenvalue weighted by molar-refractivity contribution is 9.10. The van der Waals surface area contributed by atoms with Gasteiger partial charge >= 0.3 is 0 Å². The topological polar surface area (TPSA) is 12.0 Å². The van der Waals surface area contributed by atoms with Gasteiger partial charge in [0.1, 0.15) is 0 Å². The second-order valence-corrected chi connectivity index (χ2v) is 6.61. The molecule has 96 valence electrons. The van der Waals surface area contributed by atoms with E-state index in [-0.39, 0.29) is 0 Å². The Morgan fingerprint density at radius 1 is 1.24 bits per heavy atom. The van der Waals surface area contributed by atoms with E-state index < -0.39 is 0 Å². The van der Waals surface area contributed by atoms with Gasteiger partial charge in [-0.25, -0.2) is 0 Å². The van der Waals surface area contributed by atoms with Crippen LogP contribution in [0.3, 0.4) is 0 Å². The first-order chi connectivity index (χ1) is 8.17. The summed E-state index contributed by atoms with van der Waals surface area (Å²) in [5.41, 5.74) is 0. The predicted octanol–water partition coefficient (Wildman–Crippen LogP) is 4.71. The van der Waals surface area contributed by atoms with Gasteiger partial charge < -0.3 is 5.32 Å². The van der Waals surface area contributed by atoms with Crippen LogP contribution in [0.4, 0.5) is 0 Å². The van der Waals surface area contributed by atoms with E-state index in [1.165, 1.54) is 17.7 Å². The Kier molecular flexibility index (Phi) is 7.24. The highest BCUT2D eigenvalue weighted by Crippen LogP contribution is 2.27. The Balaban J connectivity index is 2.51. The SMILES string of the molecule is CCCNC(CC)C(C)Sc1ccc(Br)cc1. The highest BCUT2D eigenvalue weighted by atomic mass is 79.9. The Morgan fingerprint density at radius 2 is 1.88 bits per heavy atom. The van der Waals surface area contributed by atoms with E-state index in [9.17, 15) is 0 Å². The summed E-state index contributed by atoms with van der Waals surface area (Å²) in [5, 5.41) is 4.22. The Bertz CT molecular complexity index is 313. The van der Waals surface area contributed by atoms with Crippen molar-refractivity contribution in [3.63, 3.8) is 0 Å². The number of halogens is 1. The first-order valence-electron chi connectivity index (χ1n) is 6.33. The summed E-state index contributed by atoms with van der Waals surface area (Å²) in [7, 11) is 0. The van der Waals surface area contributed by atoms with Crippen LogP contribution in [0, 0.1) is 0 Å². The molecule has 17 heavy (non-hydrogen) atoms. The van der Waals surface area contributed by atoms with Gasteiger partial charge in [0, 0.05) is 20.7 Å². The minimum Gasteiger partial charge on any atom is -0.313 e. The number of thioether (sulfide) groups is 1. The van der Waals surface area contributed by atoms with Crippen LogP contribution in [-0.2, 0) is 0 Å². The average molecular weight is 316 g/mol. The molecule has 0 saturated carbocycles. The summed E-state index contributed by atoms with van der Waals surface area (Å²) in [6, 6.07) is 9.17. The van der Waals surface area contributed by atoms with E-state index in [1.807, 2.05) is 11.8 Å². The molecule has 1 N–H and O–H groups in total. The molecule has 1 nitrogen and oxygen atoms in total. The van der Waals surface area contributed by atoms with Crippen LogP contribution < -0.4 is 5.32 Å². The van der Waals surface area contributed by atoms with Gasteiger partial charge in [0.2, 0.25) is 0 Å². The van der Waals surface area contributed by atoms with Crippen molar-refractivity contribution in [2.24, 2.45) is 0 Å². The standard InChI is InChI=1S/C14H22BrNS/c1-4-10-16-14(5-2)11(3)17-13-8-6-12(15)7-9-13/h6-9,11,14,16H,4-5,10H2,1-3H3. The molecule has 0 amide bonds. The van der Waals surface area contributed by atoms with Gasteiger partial charge in [-0.05, 0) is 43.7 Å². The van der Waals surface area contributed by atoms with Crippen molar-refractivity contribution in [1.29, 1.82) is 0 Å². The number of hydrogen-bond donors (Lipinski definition) is 1. The van der Waals surface area contributed by atoms with Gasteiger partial charge in [0.15, 0.2) is 0 Å². The van der Waals surface area contributed by atoms with Crippen molar-refractivity contribution in [2.75, 3.05) is 6.54 Å². The minimum absolute atomic E-state index is 0.601. The molecule has 0 spiro atoms. The van der Waals surface area contributed by atoms with Gasteiger partial charge in [-0.2, -0.15) is 0 Å². The van der Waals surface area contributed by atoms with Crippen molar-refractivity contribution >= 4 is 27.7 Å². The summed E-state index contributed by atoms with van der Waals surface area (Å²) in [6.45, 7) is 7.89. The van der Waals surface area contributed by atoms with E-state index in [1.54, 1.807) is 0 Å². The first kappa shape index (κ1) is 15.1. The van der Waals surface area contributed by atoms with E-state index in [0.29, 0.717) is 11.3 Å². The second kappa shape index (κ2) is 8.17. The molecular weight excluding hydrogens is 294 g/mol. The number of rotatable bonds is 7. The third kappa shape index (κ3) is 5.45. The van der Waals surface area contributed by atoms with Crippen LogP contribution in [0.1, 0.15) is 33.6 Å². The van der Waals surface area contributed by atoms with E-state index in [2.05, 4.69) is 66.3 Å². The second-order valence-electron chi connectivity index (χ2n) is 4.25. The van der Waals surface area contributed by atoms with Crippen LogP contribution in [0.5, 0.6) is 0 Å². The molecule has 0 aliphatic carbocycles. The van der Waals surface area contributed by atoms with Crippen molar-refractivity contribution < 1.29 is 0 Å². The zero-order valence-corrected chi connectivity index (χ0v) is 13.3. The molecule has 1 aromatic carbocycles. The zero-order chi connectivity index (χ0) is 12.7. The molecule has 0 aromatic heterocycles. The minimum atomic E-state index is 0.601. The lowest BCUT2D eigenvalue weighted by molar-refractivity contribution is 0.494. The molecule has 0 radical (unpaired) electrons. The largest absolute Gasteiger partial charge is 0.313 e. The zero-order valence-electron chi connectivity index (χ0n) is 10.9. The summed E-state index contributed by atoms with van der Waals surface area (Å²) in [5.74, 6) is 0. The fraction of sp³-hybridized carbons (Fsp3) is 0.571. The smallest absolute Gasteiger partial charge is 0.0220 e. The van der Waals surface area contributed by atoms with Gasteiger partial charge in [0.25, 0.3) is 0 Å². The molecule has 0 aliphatic heterocycles. The Labute approximate surface area is 118 Å². The summed E-state index contributed by atoms with van der Waals surface area (Å²) in [4.78, 5) is 1.34. The quantitative estimate of drug-likeness (QED) is 0.731. The maximum Gasteiger partial charge on any atom is 0.0220 e. The predicted molar refractivity (Wildman–Crippen MR) is 81.8 cm³/mol. The third-order valence-electron chi connectivity index (χ3n) is 2.80. The molecule has 1 rings (SSSR count). The van der Waals surface area contributed by atoms with Crippen LogP contribution >= 0.6 is 27.7 Å². The van der Waals surface area contributed by atoms with Gasteiger partial charge in [-0.3, -0.25) is 0 Å². The fourth-order valence-electron chi connectivity index (χ4n) is 1.78. The Morgan fingerprint density at radius 3 is 2.41 bits per heavy atom. The highest BCUT2D eigenvalue weighted by Gasteiger charge is 2.15. The van der Waals surface area contributed by atoms with Crippen LogP contribution in [-0.4, -0.2) is 17.8 Å². The first-order valence-corrected chi connectivity index (χ1v) is 8.00.